The van der Waals surface area contributed by atoms with Gasteiger partial charge in [0.1, 0.15) is 0 Å². The topological polar surface area (TPSA) is 83.6 Å². The van der Waals surface area contributed by atoms with Crippen molar-refractivity contribution < 1.29 is 14.7 Å². The molecule has 0 radical (unpaired) electrons. The van der Waals surface area contributed by atoms with E-state index in [9.17, 15) is 14.7 Å². The van der Waals surface area contributed by atoms with Crippen molar-refractivity contribution in [2.24, 2.45) is 11.1 Å². The quantitative estimate of drug-likeness (QED) is 0.887. The van der Waals surface area contributed by atoms with Crippen LogP contribution in [0.15, 0.2) is 24.3 Å². The van der Waals surface area contributed by atoms with Gasteiger partial charge < -0.3 is 15.7 Å². The molecule has 5 nitrogen and oxygen atoms in total. The highest BCUT2D eigenvalue weighted by atomic mass is 16.4. The molecule has 21 heavy (non-hydrogen) atoms. The zero-order valence-electron chi connectivity index (χ0n) is 11.9. The second kappa shape index (κ2) is 5.15. The zero-order chi connectivity index (χ0) is 15.0. The second-order valence-corrected chi connectivity index (χ2v) is 6.03. The predicted octanol–water partition coefficient (Wildman–Crippen LogP) is 1.72. The predicted molar refractivity (Wildman–Crippen MR) is 79.1 cm³/mol. The van der Waals surface area contributed by atoms with E-state index in [4.69, 9.17) is 5.73 Å². The Balaban J connectivity index is 1.96. The van der Waals surface area contributed by atoms with E-state index in [1.165, 1.54) is 0 Å². The van der Waals surface area contributed by atoms with E-state index in [2.05, 4.69) is 0 Å². The van der Waals surface area contributed by atoms with Gasteiger partial charge in [-0.2, -0.15) is 0 Å². The lowest BCUT2D eigenvalue weighted by Crippen LogP contribution is -2.53. The van der Waals surface area contributed by atoms with Crippen LogP contribution in [0.4, 0.5) is 5.69 Å². The Labute approximate surface area is 123 Å². The maximum absolute atomic E-state index is 12.9. The van der Waals surface area contributed by atoms with E-state index in [-0.39, 0.29) is 5.91 Å². The first-order chi connectivity index (χ1) is 10.1. The number of amides is 1. The van der Waals surface area contributed by atoms with Crippen molar-refractivity contribution in [2.45, 2.75) is 31.6 Å². The van der Waals surface area contributed by atoms with E-state index in [0.717, 1.165) is 30.5 Å². The van der Waals surface area contributed by atoms with E-state index in [1.54, 1.807) is 4.90 Å². The van der Waals surface area contributed by atoms with Crippen LogP contribution in [0.1, 0.15) is 37.2 Å². The van der Waals surface area contributed by atoms with Crippen molar-refractivity contribution in [2.75, 3.05) is 18.0 Å². The van der Waals surface area contributed by atoms with Gasteiger partial charge >= 0.3 is 5.97 Å². The summed E-state index contributed by atoms with van der Waals surface area (Å²) in [5, 5.41) is 9.35. The fourth-order valence-corrected chi connectivity index (χ4v) is 3.42. The minimum atomic E-state index is -0.827. The molecule has 1 unspecified atom stereocenters. The number of hydrogen-bond donors (Lipinski definition) is 2. The Morgan fingerprint density at radius 3 is 2.62 bits per heavy atom. The summed E-state index contributed by atoms with van der Waals surface area (Å²) in [5.74, 6) is -1.29. The molecule has 112 valence electrons. The number of aliphatic carboxylic acids is 1. The molecule has 1 fully saturated rings. The normalized spacial score (nSPS) is 23.1. The van der Waals surface area contributed by atoms with Crippen LogP contribution in [-0.2, 0) is 9.59 Å². The number of benzene rings is 1. The Morgan fingerprint density at radius 2 is 2.05 bits per heavy atom. The zero-order valence-corrected chi connectivity index (χ0v) is 11.9. The highest BCUT2D eigenvalue weighted by Gasteiger charge is 2.47. The number of fused-ring (bicyclic) bond motifs is 1. The number of carboxylic acid groups (broad SMARTS) is 1. The van der Waals surface area contributed by atoms with Crippen molar-refractivity contribution in [1.29, 1.82) is 0 Å². The highest BCUT2D eigenvalue weighted by Crippen LogP contribution is 2.44. The Hall–Kier alpha value is -1.88. The summed E-state index contributed by atoms with van der Waals surface area (Å²) >= 11 is 0. The molecule has 0 saturated heterocycles. The molecule has 1 aromatic carbocycles. The van der Waals surface area contributed by atoms with Gasteiger partial charge in [0.05, 0.1) is 11.3 Å². The minimum Gasteiger partial charge on any atom is -0.481 e. The SMILES string of the molecule is NCC1(C(=O)N2CCC(C(=O)O)c3ccccc32)CCC1. The fourth-order valence-electron chi connectivity index (χ4n) is 3.42. The number of carbonyl (C=O) groups is 2. The van der Waals surface area contributed by atoms with Crippen LogP contribution in [0.5, 0.6) is 0 Å². The number of nitrogens with two attached hydrogens (primary N) is 1. The maximum atomic E-state index is 12.9. The van der Waals surface area contributed by atoms with Crippen molar-refractivity contribution >= 4 is 17.6 Å². The number of nitrogens with zero attached hydrogens (tertiary/aromatic N) is 1. The summed E-state index contributed by atoms with van der Waals surface area (Å²) in [6.45, 7) is 0.821. The number of hydrogen-bond acceptors (Lipinski definition) is 3. The summed E-state index contributed by atoms with van der Waals surface area (Å²) < 4.78 is 0. The Kier molecular flexibility index (Phi) is 3.45. The lowest BCUT2D eigenvalue weighted by Gasteiger charge is -2.44. The van der Waals surface area contributed by atoms with Crippen molar-refractivity contribution in [3.05, 3.63) is 29.8 Å². The summed E-state index contributed by atoms with van der Waals surface area (Å²) in [5.41, 5.74) is 6.87. The summed E-state index contributed by atoms with van der Waals surface area (Å²) in [6.07, 6.45) is 3.17. The molecular formula is C16H20N2O3. The van der Waals surface area contributed by atoms with Gasteiger partial charge in [0.2, 0.25) is 5.91 Å². The van der Waals surface area contributed by atoms with Gasteiger partial charge in [-0.05, 0) is 30.9 Å². The van der Waals surface area contributed by atoms with Crippen LogP contribution in [0.2, 0.25) is 0 Å². The summed E-state index contributed by atoms with van der Waals surface area (Å²) in [6, 6.07) is 7.32. The number of para-hydroxylation sites is 1. The Morgan fingerprint density at radius 1 is 1.33 bits per heavy atom. The molecule has 1 aliphatic carbocycles. The van der Waals surface area contributed by atoms with Crippen molar-refractivity contribution in [3.8, 4) is 0 Å². The van der Waals surface area contributed by atoms with Gasteiger partial charge in [0.15, 0.2) is 0 Å². The number of carboxylic acids is 1. The van der Waals surface area contributed by atoms with Crippen LogP contribution in [-0.4, -0.2) is 30.1 Å². The van der Waals surface area contributed by atoms with Crippen LogP contribution >= 0.6 is 0 Å². The molecule has 5 heteroatoms. The van der Waals surface area contributed by atoms with Gasteiger partial charge in [-0.1, -0.05) is 24.6 Å². The molecule has 1 saturated carbocycles. The molecule has 1 heterocycles. The van der Waals surface area contributed by atoms with Crippen LogP contribution in [0.25, 0.3) is 0 Å². The van der Waals surface area contributed by atoms with E-state index >= 15 is 0 Å². The molecule has 3 N–H and O–H groups in total. The van der Waals surface area contributed by atoms with Crippen molar-refractivity contribution in [1.82, 2.24) is 0 Å². The second-order valence-electron chi connectivity index (χ2n) is 6.03. The van der Waals surface area contributed by atoms with Gasteiger partial charge in [-0.15, -0.1) is 0 Å². The first-order valence-corrected chi connectivity index (χ1v) is 7.43. The monoisotopic (exact) mass is 288 g/mol. The molecule has 1 atom stereocenters. The summed E-state index contributed by atoms with van der Waals surface area (Å²) in [7, 11) is 0. The van der Waals surface area contributed by atoms with Gasteiger partial charge in [0.25, 0.3) is 0 Å². The molecular weight excluding hydrogens is 268 g/mol. The van der Waals surface area contributed by atoms with Crippen molar-refractivity contribution in [3.63, 3.8) is 0 Å². The van der Waals surface area contributed by atoms with E-state index in [0.29, 0.717) is 19.5 Å². The first kappa shape index (κ1) is 14.1. The first-order valence-electron chi connectivity index (χ1n) is 7.43. The maximum Gasteiger partial charge on any atom is 0.311 e. The standard InChI is InChI=1S/C16H20N2O3/c17-10-16(7-3-8-16)15(21)18-9-6-12(14(19)20)11-4-1-2-5-13(11)18/h1-2,4-5,12H,3,6-10,17H2,(H,19,20). The lowest BCUT2D eigenvalue weighted by atomic mass is 9.67. The summed E-state index contributed by atoms with van der Waals surface area (Å²) in [4.78, 5) is 26.0. The van der Waals surface area contributed by atoms with Crippen LogP contribution in [0.3, 0.4) is 0 Å². The number of carbonyl (C=O) groups excluding carboxylic acids is 1. The molecule has 1 aromatic rings. The molecule has 2 aliphatic rings. The van der Waals surface area contributed by atoms with Crippen LogP contribution < -0.4 is 10.6 Å². The molecule has 0 spiro atoms. The third kappa shape index (κ3) is 2.12. The third-order valence-electron chi connectivity index (χ3n) is 4.94. The molecule has 0 bridgehead atoms. The van der Waals surface area contributed by atoms with E-state index < -0.39 is 17.3 Å². The van der Waals surface area contributed by atoms with Gasteiger partial charge in [0, 0.05) is 18.8 Å². The Bertz CT molecular complexity index is 575. The average Bonchev–Trinajstić information content (AvgIpc) is 2.45. The highest BCUT2D eigenvalue weighted by molar-refractivity contribution is 6.00. The third-order valence-corrected chi connectivity index (χ3v) is 4.94. The minimum absolute atomic E-state index is 0.0625. The molecule has 0 aromatic heterocycles. The lowest BCUT2D eigenvalue weighted by molar-refractivity contribution is -0.139. The average molecular weight is 288 g/mol. The molecule has 3 rings (SSSR count). The number of anilines is 1. The molecule has 1 aliphatic heterocycles. The van der Waals surface area contributed by atoms with Gasteiger partial charge in [-0.3, -0.25) is 9.59 Å². The number of rotatable bonds is 3. The smallest absolute Gasteiger partial charge is 0.311 e. The fraction of sp³-hybridized carbons (Fsp3) is 0.500. The van der Waals surface area contributed by atoms with Crippen LogP contribution in [0, 0.1) is 5.41 Å². The van der Waals surface area contributed by atoms with Gasteiger partial charge in [-0.25, -0.2) is 0 Å². The largest absolute Gasteiger partial charge is 0.481 e. The molecule has 1 amide bonds. The van der Waals surface area contributed by atoms with E-state index in [1.807, 2.05) is 24.3 Å².